The number of carboxylic acid groups (broad SMARTS) is 1. The van der Waals surface area contributed by atoms with Gasteiger partial charge in [0, 0.05) is 19.2 Å². The van der Waals surface area contributed by atoms with Crippen LogP contribution in [-0.2, 0) is 4.79 Å². The van der Waals surface area contributed by atoms with Crippen LogP contribution in [0.1, 0.15) is 16.8 Å². The summed E-state index contributed by atoms with van der Waals surface area (Å²) in [6.45, 7) is -2.84. The molecule has 1 aromatic carbocycles. The van der Waals surface area contributed by atoms with E-state index in [1.807, 2.05) is 0 Å². The number of hydrogen-bond donors (Lipinski definition) is 1. The summed E-state index contributed by atoms with van der Waals surface area (Å²) < 4.78 is 28.0. The topological polar surface area (TPSA) is 66.8 Å². The van der Waals surface area contributed by atoms with Crippen LogP contribution in [-0.4, -0.2) is 42.1 Å². The second kappa shape index (κ2) is 6.67. The van der Waals surface area contributed by atoms with Gasteiger partial charge in [-0.05, 0) is 24.3 Å². The molecule has 0 radical (unpaired) electrons. The first-order valence-electron chi connectivity index (χ1n) is 5.42. The Morgan fingerprint density at radius 3 is 2.37 bits per heavy atom. The van der Waals surface area contributed by atoms with Crippen molar-refractivity contribution in [1.29, 1.82) is 0 Å². The van der Waals surface area contributed by atoms with Crippen LogP contribution in [0.4, 0.5) is 8.78 Å². The summed E-state index contributed by atoms with van der Waals surface area (Å²) in [4.78, 5) is 23.5. The third kappa shape index (κ3) is 4.90. The fourth-order valence-corrected chi connectivity index (χ4v) is 1.36. The highest BCUT2D eigenvalue weighted by Gasteiger charge is 2.13. The molecular formula is C12H13F2NO4. The van der Waals surface area contributed by atoms with Gasteiger partial charge in [-0.2, -0.15) is 8.78 Å². The van der Waals surface area contributed by atoms with Crippen molar-refractivity contribution in [3.63, 3.8) is 0 Å². The van der Waals surface area contributed by atoms with E-state index in [4.69, 9.17) is 5.11 Å². The van der Waals surface area contributed by atoms with Crippen molar-refractivity contribution in [3.8, 4) is 5.75 Å². The zero-order valence-electron chi connectivity index (χ0n) is 10.2. The van der Waals surface area contributed by atoms with E-state index in [1.165, 1.54) is 36.2 Å². The number of alkyl halides is 2. The Morgan fingerprint density at radius 1 is 1.32 bits per heavy atom. The van der Waals surface area contributed by atoms with Gasteiger partial charge in [-0.25, -0.2) is 0 Å². The van der Waals surface area contributed by atoms with E-state index in [0.717, 1.165) is 0 Å². The summed E-state index contributed by atoms with van der Waals surface area (Å²) in [7, 11) is 1.47. The number of carbonyl (C=O) groups excluding carboxylic acids is 1. The maximum absolute atomic E-state index is 11.9. The zero-order chi connectivity index (χ0) is 14.4. The number of halogens is 2. The maximum atomic E-state index is 11.9. The maximum Gasteiger partial charge on any atom is 0.387 e. The number of hydrogen-bond acceptors (Lipinski definition) is 3. The summed E-state index contributed by atoms with van der Waals surface area (Å²) in [6.07, 6.45) is -0.158. The molecule has 0 saturated heterocycles. The molecule has 1 amide bonds. The second-order valence-electron chi connectivity index (χ2n) is 3.77. The Balaban J connectivity index is 2.64. The molecule has 1 aromatic rings. The van der Waals surface area contributed by atoms with Crippen molar-refractivity contribution in [1.82, 2.24) is 4.90 Å². The fourth-order valence-electron chi connectivity index (χ4n) is 1.36. The molecule has 7 heteroatoms. The van der Waals surface area contributed by atoms with E-state index in [9.17, 15) is 18.4 Å². The molecule has 0 aliphatic rings. The van der Waals surface area contributed by atoms with E-state index in [2.05, 4.69) is 4.74 Å². The normalized spacial score (nSPS) is 10.3. The molecule has 0 spiro atoms. The van der Waals surface area contributed by atoms with E-state index < -0.39 is 12.6 Å². The third-order valence-electron chi connectivity index (χ3n) is 2.33. The molecule has 0 aromatic heterocycles. The molecule has 0 aliphatic heterocycles. The van der Waals surface area contributed by atoms with Gasteiger partial charge in [-0.15, -0.1) is 0 Å². The van der Waals surface area contributed by atoms with Crippen molar-refractivity contribution in [3.05, 3.63) is 29.8 Å². The number of amides is 1. The van der Waals surface area contributed by atoms with Gasteiger partial charge in [-0.1, -0.05) is 0 Å². The molecule has 1 N–H and O–H groups in total. The largest absolute Gasteiger partial charge is 0.481 e. The van der Waals surface area contributed by atoms with Crippen molar-refractivity contribution in [2.75, 3.05) is 13.6 Å². The van der Waals surface area contributed by atoms with E-state index in [-0.39, 0.29) is 30.2 Å². The first-order valence-corrected chi connectivity index (χ1v) is 5.42. The lowest BCUT2D eigenvalue weighted by Crippen LogP contribution is -2.28. The predicted molar refractivity (Wildman–Crippen MR) is 62.3 cm³/mol. The highest BCUT2D eigenvalue weighted by molar-refractivity contribution is 5.94. The van der Waals surface area contributed by atoms with Crippen LogP contribution in [0.2, 0.25) is 0 Å². The lowest BCUT2D eigenvalue weighted by atomic mass is 10.2. The third-order valence-corrected chi connectivity index (χ3v) is 2.33. The molecule has 0 saturated carbocycles. The summed E-state index contributed by atoms with van der Waals surface area (Å²) in [5.41, 5.74) is 0.273. The molecule has 5 nitrogen and oxygen atoms in total. The van der Waals surface area contributed by atoms with E-state index in [0.29, 0.717) is 0 Å². The van der Waals surface area contributed by atoms with Crippen molar-refractivity contribution >= 4 is 11.9 Å². The number of rotatable bonds is 6. The molecule has 0 bridgehead atoms. The van der Waals surface area contributed by atoms with Gasteiger partial charge in [0.25, 0.3) is 5.91 Å². The van der Waals surface area contributed by atoms with Gasteiger partial charge in [-0.3, -0.25) is 9.59 Å². The van der Waals surface area contributed by atoms with Crippen LogP contribution in [0.15, 0.2) is 24.3 Å². The minimum atomic E-state index is -2.92. The highest BCUT2D eigenvalue weighted by atomic mass is 19.3. The highest BCUT2D eigenvalue weighted by Crippen LogP contribution is 2.15. The monoisotopic (exact) mass is 273 g/mol. The lowest BCUT2D eigenvalue weighted by molar-refractivity contribution is -0.137. The Kier molecular flexibility index (Phi) is 5.23. The zero-order valence-corrected chi connectivity index (χ0v) is 10.2. The van der Waals surface area contributed by atoms with Gasteiger partial charge < -0.3 is 14.7 Å². The van der Waals surface area contributed by atoms with Gasteiger partial charge in [0.2, 0.25) is 0 Å². The second-order valence-corrected chi connectivity index (χ2v) is 3.77. The lowest BCUT2D eigenvalue weighted by Gasteiger charge is -2.16. The minimum Gasteiger partial charge on any atom is -0.481 e. The van der Waals surface area contributed by atoms with Crippen LogP contribution in [0, 0.1) is 0 Å². The van der Waals surface area contributed by atoms with Crippen LogP contribution in [0.3, 0.4) is 0 Å². The van der Waals surface area contributed by atoms with E-state index in [1.54, 1.807) is 0 Å². The van der Waals surface area contributed by atoms with Crippen molar-refractivity contribution in [2.45, 2.75) is 13.0 Å². The number of carbonyl (C=O) groups is 2. The first kappa shape index (κ1) is 14.9. The number of aliphatic carboxylic acids is 1. The summed E-state index contributed by atoms with van der Waals surface area (Å²) in [6, 6.07) is 5.20. The Bertz CT molecular complexity index is 448. The minimum absolute atomic E-state index is 0.0419. The first-order chi connectivity index (χ1) is 8.90. The molecule has 104 valence electrons. The van der Waals surface area contributed by atoms with Gasteiger partial charge >= 0.3 is 12.6 Å². The Morgan fingerprint density at radius 2 is 1.89 bits per heavy atom. The van der Waals surface area contributed by atoms with Crippen LogP contribution in [0.25, 0.3) is 0 Å². The molecular weight excluding hydrogens is 260 g/mol. The molecule has 0 fully saturated rings. The van der Waals surface area contributed by atoms with Crippen molar-refractivity contribution < 1.29 is 28.2 Å². The van der Waals surface area contributed by atoms with E-state index >= 15 is 0 Å². The average molecular weight is 273 g/mol. The summed E-state index contributed by atoms with van der Waals surface area (Å²) in [5.74, 6) is -1.43. The number of carboxylic acids is 1. The van der Waals surface area contributed by atoms with Gasteiger partial charge in [0.05, 0.1) is 6.42 Å². The Labute approximate surface area is 108 Å². The Hall–Kier alpha value is -2.18. The SMILES string of the molecule is CN(CCC(=O)O)C(=O)c1ccc(OC(F)F)cc1. The molecule has 0 atom stereocenters. The molecule has 0 aliphatic carbocycles. The smallest absolute Gasteiger partial charge is 0.387 e. The predicted octanol–water partition coefficient (Wildman–Crippen LogP) is 1.83. The number of ether oxygens (including phenoxy) is 1. The number of benzene rings is 1. The molecule has 1 rings (SSSR count). The van der Waals surface area contributed by atoms with Gasteiger partial charge in [0.1, 0.15) is 5.75 Å². The molecule has 0 heterocycles. The van der Waals surface area contributed by atoms with Crippen LogP contribution < -0.4 is 4.74 Å². The summed E-state index contributed by atoms with van der Waals surface area (Å²) >= 11 is 0. The standard InChI is InChI=1S/C12H13F2NO4/c1-15(7-6-10(16)17)11(18)8-2-4-9(5-3-8)19-12(13)14/h2-5,12H,6-7H2,1H3,(H,16,17). The number of nitrogens with zero attached hydrogens (tertiary/aromatic N) is 1. The van der Waals surface area contributed by atoms with Crippen LogP contribution >= 0.6 is 0 Å². The van der Waals surface area contributed by atoms with Crippen LogP contribution in [0.5, 0.6) is 5.75 Å². The molecule has 19 heavy (non-hydrogen) atoms. The fraction of sp³-hybridized carbons (Fsp3) is 0.333. The van der Waals surface area contributed by atoms with Gasteiger partial charge in [0.15, 0.2) is 0 Å². The average Bonchev–Trinajstić information content (AvgIpc) is 2.35. The quantitative estimate of drug-likeness (QED) is 0.858. The molecule has 0 unspecified atom stereocenters. The summed E-state index contributed by atoms with van der Waals surface area (Å²) in [5, 5.41) is 8.51. The van der Waals surface area contributed by atoms with Crippen molar-refractivity contribution in [2.24, 2.45) is 0 Å².